The van der Waals surface area contributed by atoms with Crippen molar-refractivity contribution in [2.24, 2.45) is 13.0 Å². The molecular formula is C20H31N5O2. The number of hydrogen-bond donors (Lipinski definition) is 2. The Hall–Kier alpha value is -2.15. The predicted molar refractivity (Wildman–Crippen MR) is 107 cm³/mol. The fraction of sp³-hybridized carbons (Fsp3) is 0.650. The first-order valence-electron chi connectivity index (χ1n) is 9.89. The lowest BCUT2D eigenvalue weighted by Gasteiger charge is -2.32. The highest BCUT2D eigenvalue weighted by atomic mass is 16.2. The normalized spacial score (nSPS) is 15.6. The zero-order valence-corrected chi connectivity index (χ0v) is 16.9. The molecule has 0 saturated carbocycles. The van der Waals surface area contributed by atoms with E-state index in [9.17, 15) is 9.59 Å². The molecule has 1 amide bonds. The highest BCUT2D eigenvalue weighted by Crippen LogP contribution is 2.23. The Kier molecular flexibility index (Phi) is 5.99. The number of aryl methyl sites for hydroxylation is 3. The van der Waals surface area contributed by atoms with Gasteiger partial charge in [-0.05, 0) is 70.2 Å². The summed E-state index contributed by atoms with van der Waals surface area (Å²) in [5.41, 5.74) is 3.42. The molecule has 2 aromatic rings. The summed E-state index contributed by atoms with van der Waals surface area (Å²) in [7, 11) is 3.77. The highest BCUT2D eigenvalue weighted by molar-refractivity contribution is 5.81. The first-order chi connectivity index (χ1) is 12.9. The number of hydrogen-bond acceptors (Lipinski definition) is 4. The number of H-pyrrole nitrogens is 1. The van der Waals surface area contributed by atoms with Crippen molar-refractivity contribution in [3.8, 4) is 0 Å². The van der Waals surface area contributed by atoms with Crippen LogP contribution < -0.4 is 10.9 Å². The molecule has 1 aliphatic rings. The zero-order chi connectivity index (χ0) is 19.6. The minimum Gasteiger partial charge on any atom is -0.343 e. The maximum absolute atomic E-state index is 12.7. The Morgan fingerprint density at radius 3 is 2.67 bits per heavy atom. The molecule has 27 heavy (non-hydrogen) atoms. The number of piperidine rings is 1. The quantitative estimate of drug-likeness (QED) is 0.807. The van der Waals surface area contributed by atoms with Gasteiger partial charge in [-0.1, -0.05) is 0 Å². The lowest BCUT2D eigenvalue weighted by molar-refractivity contribution is -0.132. The van der Waals surface area contributed by atoms with E-state index >= 15 is 0 Å². The van der Waals surface area contributed by atoms with Crippen molar-refractivity contribution in [3.63, 3.8) is 0 Å². The van der Waals surface area contributed by atoms with Gasteiger partial charge in [0, 0.05) is 32.3 Å². The van der Waals surface area contributed by atoms with E-state index in [1.807, 2.05) is 25.8 Å². The van der Waals surface area contributed by atoms with Crippen LogP contribution in [-0.4, -0.2) is 52.3 Å². The van der Waals surface area contributed by atoms with Gasteiger partial charge < -0.3 is 10.2 Å². The first-order valence-corrected chi connectivity index (χ1v) is 9.89. The maximum atomic E-state index is 12.7. The second kappa shape index (κ2) is 8.25. The molecule has 2 N–H and O–H groups in total. The van der Waals surface area contributed by atoms with Gasteiger partial charge in [-0.2, -0.15) is 0 Å². The lowest BCUT2D eigenvalue weighted by Crippen LogP contribution is -2.39. The average molecular weight is 374 g/mol. The van der Waals surface area contributed by atoms with Crippen LogP contribution in [0.5, 0.6) is 0 Å². The molecule has 0 atom stereocenters. The molecule has 7 nitrogen and oxygen atoms in total. The van der Waals surface area contributed by atoms with Gasteiger partial charge in [0.25, 0.3) is 5.56 Å². The molecule has 3 heterocycles. The smallest absolute Gasteiger partial charge is 0.273 e. The van der Waals surface area contributed by atoms with Crippen LogP contribution in [-0.2, 0) is 18.3 Å². The van der Waals surface area contributed by atoms with Gasteiger partial charge in [0.05, 0.1) is 5.39 Å². The summed E-state index contributed by atoms with van der Waals surface area (Å²) >= 11 is 0. The van der Waals surface area contributed by atoms with E-state index in [1.165, 1.54) is 6.42 Å². The van der Waals surface area contributed by atoms with E-state index in [4.69, 9.17) is 0 Å². The van der Waals surface area contributed by atoms with Gasteiger partial charge in [0.2, 0.25) is 5.91 Å². The topological polar surface area (TPSA) is 83.0 Å². The molecule has 0 aromatic carbocycles. The summed E-state index contributed by atoms with van der Waals surface area (Å²) < 4.78 is 1.66. The number of amides is 1. The second-order valence-electron chi connectivity index (χ2n) is 7.72. The molecule has 0 unspecified atom stereocenters. The summed E-state index contributed by atoms with van der Waals surface area (Å²) in [6.45, 7) is 6.68. The highest BCUT2D eigenvalue weighted by Gasteiger charge is 2.23. The molecule has 0 spiro atoms. The zero-order valence-electron chi connectivity index (χ0n) is 16.9. The number of aromatic nitrogens is 3. The van der Waals surface area contributed by atoms with E-state index in [2.05, 4.69) is 15.4 Å². The predicted octanol–water partition coefficient (Wildman–Crippen LogP) is 1.66. The van der Waals surface area contributed by atoms with Crippen molar-refractivity contribution in [2.75, 3.05) is 26.7 Å². The van der Waals surface area contributed by atoms with Gasteiger partial charge in [-0.25, -0.2) is 4.98 Å². The SMILES string of the molecule is CNCCC1CCN(C(=O)CCc2c(C)nc3c(c2C)c(=O)[nH]n3C)CC1. The van der Waals surface area contributed by atoms with E-state index in [0.29, 0.717) is 23.9 Å². The third-order valence-corrected chi connectivity index (χ3v) is 5.93. The Bertz CT molecular complexity index is 875. The van der Waals surface area contributed by atoms with Crippen LogP contribution in [0.3, 0.4) is 0 Å². The van der Waals surface area contributed by atoms with E-state index in [1.54, 1.807) is 11.7 Å². The summed E-state index contributed by atoms with van der Waals surface area (Å²) in [5, 5.41) is 6.60. The van der Waals surface area contributed by atoms with E-state index in [0.717, 1.165) is 55.2 Å². The van der Waals surface area contributed by atoms with Crippen LogP contribution in [0.1, 0.15) is 42.5 Å². The Morgan fingerprint density at radius 2 is 2.00 bits per heavy atom. The van der Waals surface area contributed by atoms with Gasteiger partial charge in [0.15, 0.2) is 5.65 Å². The molecule has 2 aromatic heterocycles. The first kappa shape index (κ1) is 19.6. The summed E-state index contributed by atoms with van der Waals surface area (Å²) in [6, 6.07) is 0. The lowest BCUT2D eigenvalue weighted by atomic mass is 9.93. The van der Waals surface area contributed by atoms with Crippen LogP contribution in [0.25, 0.3) is 11.0 Å². The summed E-state index contributed by atoms with van der Waals surface area (Å²) in [6.07, 6.45) is 4.49. The van der Waals surface area contributed by atoms with E-state index < -0.39 is 0 Å². The third-order valence-electron chi connectivity index (χ3n) is 5.93. The van der Waals surface area contributed by atoms with Crippen molar-refractivity contribution in [2.45, 2.75) is 46.0 Å². The third kappa shape index (κ3) is 4.08. The number of fused-ring (bicyclic) bond motifs is 1. The van der Waals surface area contributed by atoms with Crippen molar-refractivity contribution in [3.05, 3.63) is 27.2 Å². The largest absolute Gasteiger partial charge is 0.343 e. The minimum atomic E-state index is -0.117. The number of rotatable bonds is 6. The molecule has 1 fully saturated rings. The molecule has 1 aliphatic heterocycles. The van der Waals surface area contributed by atoms with Crippen LogP contribution in [0, 0.1) is 19.8 Å². The van der Waals surface area contributed by atoms with Crippen LogP contribution in [0.15, 0.2) is 4.79 Å². The number of carbonyl (C=O) groups is 1. The average Bonchev–Trinajstić information content (AvgIpc) is 2.93. The number of nitrogens with one attached hydrogen (secondary N) is 2. The van der Waals surface area contributed by atoms with E-state index in [-0.39, 0.29) is 11.5 Å². The van der Waals surface area contributed by atoms with Crippen LogP contribution in [0.4, 0.5) is 0 Å². The standard InChI is InChI=1S/C20H31N5O2/c1-13-16(14(2)22-19-18(13)20(27)23-24(19)4)5-6-17(26)25-11-8-15(9-12-25)7-10-21-3/h15,21H,5-12H2,1-4H3,(H,23,27). The number of pyridine rings is 1. The second-order valence-corrected chi connectivity index (χ2v) is 7.72. The summed E-state index contributed by atoms with van der Waals surface area (Å²) in [4.78, 5) is 31.4. The molecule has 7 heteroatoms. The maximum Gasteiger partial charge on any atom is 0.273 e. The molecule has 0 radical (unpaired) electrons. The Morgan fingerprint density at radius 1 is 1.30 bits per heavy atom. The number of aromatic amines is 1. The molecular weight excluding hydrogens is 342 g/mol. The van der Waals surface area contributed by atoms with Crippen molar-refractivity contribution >= 4 is 16.9 Å². The van der Waals surface area contributed by atoms with Gasteiger partial charge in [-0.15, -0.1) is 0 Å². The fourth-order valence-corrected chi connectivity index (χ4v) is 4.23. The Balaban J connectivity index is 1.64. The van der Waals surface area contributed by atoms with Gasteiger partial charge in [0.1, 0.15) is 0 Å². The fourth-order valence-electron chi connectivity index (χ4n) is 4.23. The number of carbonyl (C=O) groups excluding carboxylic acids is 1. The molecule has 148 valence electrons. The van der Waals surface area contributed by atoms with Crippen molar-refractivity contribution in [1.82, 2.24) is 25.0 Å². The monoisotopic (exact) mass is 373 g/mol. The van der Waals surface area contributed by atoms with Crippen molar-refractivity contribution < 1.29 is 4.79 Å². The molecule has 0 bridgehead atoms. The van der Waals surface area contributed by atoms with Crippen molar-refractivity contribution in [1.29, 1.82) is 0 Å². The van der Waals surface area contributed by atoms with Crippen LogP contribution in [0.2, 0.25) is 0 Å². The number of likely N-dealkylation sites (tertiary alicyclic amines) is 1. The summed E-state index contributed by atoms with van der Waals surface area (Å²) in [5.74, 6) is 0.935. The molecule has 0 aliphatic carbocycles. The number of nitrogens with zero attached hydrogens (tertiary/aromatic N) is 3. The van der Waals surface area contributed by atoms with Gasteiger partial charge in [-0.3, -0.25) is 19.4 Å². The molecule has 1 saturated heterocycles. The Labute approximate surface area is 160 Å². The van der Waals surface area contributed by atoms with Crippen LogP contribution >= 0.6 is 0 Å². The minimum absolute atomic E-state index is 0.117. The molecule has 3 rings (SSSR count). The van der Waals surface area contributed by atoms with Gasteiger partial charge >= 0.3 is 0 Å².